The van der Waals surface area contributed by atoms with Gasteiger partial charge in [-0.25, -0.2) is 0 Å². The van der Waals surface area contributed by atoms with Gasteiger partial charge in [0.15, 0.2) is 0 Å². The van der Waals surface area contributed by atoms with Crippen molar-refractivity contribution in [2.75, 3.05) is 5.75 Å². The van der Waals surface area contributed by atoms with Crippen LogP contribution in [-0.4, -0.2) is 24.0 Å². The number of nitrogens with two attached hydrogens (primary N) is 2. The molecular formula is C15H19N3OS. The zero-order valence-corrected chi connectivity index (χ0v) is 12.1. The van der Waals surface area contributed by atoms with E-state index >= 15 is 0 Å². The van der Waals surface area contributed by atoms with Crippen LogP contribution in [0.25, 0.3) is 0 Å². The van der Waals surface area contributed by atoms with E-state index in [0.717, 1.165) is 11.5 Å². The summed E-state index contributed by atoms with van der Waals surface area (Å²) in [5, 5.41) is 0. The van der Waals surface area contributed by atoms with Gasteiger partial charge >= 0.3 is 0 Å². The van der Waals surface area contributed by atoms with E-state index in [0.29, 0.717) is 6.42 Å². The molecule has 4 nitrogen and oxygen atoms in total. The fourth-order valence-corrected chi connectivity index (χ4v) is 3.23. The van der Waals surface area contributed by atoms with Crippen molar-refractivity contribution in [3.8, 4) is 0 Å². The Morgan fingerprint density at radius 3 is 2.75 bits per heavy atom. The first kappa shape index (κ1) is 14.8. The van der Waals surface area contributed by atoms with Gasteiger partial charge in [0.1, 0.15) is 11.6 Å². The average molecular weight is 289 g/mol. The fraction of sp³-hybridized carbons (Fsp3) is 0.333. The molecule has 1 aromatic rings. The van der Waals surface area contributed by atoms with Gasteiger partial charge in [0.2, 0.25) is 5.91 Å². The highest BCUT2D eigenvalue weighted by atomic mass is 32.2. The quantitative estimate of drug-likeness (QED) is 0.782. The molecule has 0 saturated carbocycles. The minimum absolute atomic E-state index is 0.404. The molecule has 106 valence electrons. The molecule has 1 aromatic carbocycles. The molecule has 2 rings (SSSR count). The van der Waals surface area contributed by atoms with Gasteiger partial charge < -0.3 is 11.5 Å². The van der Waals surface area contributed by atoms with Crippen LogP contribution in [0.15, 0.2) is 47.5 Å². The summed E-state index contributed by atoms with van der Waals surface area (Å²) >= 11 is 1.77. The summed E-state index contributed by atoms with van der Waals surface area (Å²) in [5.41, 5.74) is 11.9. The van der Waals surface area contributed by atoms with E-state index in [9.17, 15) is 4.79 Å². The standard InChI is InChI=1S/C15H19N3OS/c16-13-15(14(17)19,7-4-9-18-13)8-10-20-11-12-5-2-1-3-6-12/h1-7,9,13H,8,10-11,16H2,(H2,17,19). The minimum atomic E-state index is -0.849. The van der Waals surface area contributed by atoms with Crippen molar-refractivity contribution in [1.29, 1.82) is 0 Å². The van der Waals surface area contributed by atoms with Gasteiger partial charge in [-0.2, -0.15) is 11.8 Å². The summed E-state index contributed by atoms with van der Waals surface area (Å²) in [4.78, 5) is 15.9. The van der Waals surface area contributed by atoms with Gasteiger partial charge in [-0.1, -0.05) is 36.4 Å². The lowest BCUT2D eigenvalue weighted by Gasteiger charge is -2.32. The van der Waals surface area contributed by atoms with Crippen LogP contribution >= 0.6 is 11.8 Å². The molecule has 2 atom stereocenters. The lowest BCUT2D eigenvalue weighted by atomic mass is 9.80. The molecule has 0 aliphatic carbocycles. The number of benzene rings is 1. The van der Waals surface area contributed by atoms with Crippen molar-refractivity contribution < 1.29 is 4.79 Å². The van der Waals surface area contributed by atoms with Gasteiger partial charge in [0.25, 0.3) is 0 Å². The minimum Gasteiger partial charge on any atom is -0.369 e. The third kappa shape index (κ3) is 3.29. The molecule has 0 bridgehead atoms. The number of thioether (sulfide) groups is 1. The zero-order valence-electron chi connectivity index (χ0n) is 11.2. The maximum atomic E-state index is 11.8. The van der Waals surface area contributed by atoms with Crippen molar-refractivity contribution in [3.05, 3.63) is 48.0 Å². The Hall–Kier alpha value is -1.59. The third-order valence-corrected chi connectivity index (χ3v) is 4.51. The second-order valence-electron chi connectivity index (χ2n) is 4.79. The predicted octanol–water partition coefficient (Wildman–Crippen LogP) is 1.71. The molecule has 20 heavy (non-hydrogen) atoms. The molecule has 1 amide bonds. The van der Waals surface area contributed by atoms with Crippen LogP contribution in [0.5, 0.6) is 0 Å². The number of amides is 1. The van der Waals surface area contributed by atoms with Gasteiger partial charge in [0.05, 0.1) is 0 Å². The molecule has 1 aliphatic heterocycles. The monoisotopic (exact) mass is 289 g/mol. The van der Waals surface area contributed by atoms with Crippen molar-refractivity contribution in [3.63, 3.8) is 0 Å². The van der Waals surface area contributed by atoms with E-state index in [1.54, 1.807) is 30.1 Å². The van der Waals surface area contributed by atoms with Crippen LogP contribution in [0, 0.1) is 5.41 Å². The Morgan fingerprint density at radius 1 is 1.35 bits per heavy atom. The van der Waals surface area contributed by atoms with Crippen LogP contribution < -0.4 is 11.5 Å². The van der Waals surface area contributed by atoms with Crippen molar-refractivity contribution in [2.24, 2.45) is 21.9 Å². The lowest BCUT2D eigenvalue weighted by molar-refractivity contribution is -0.126. The molecule has 0 spiro atoms. The van der Waals surface area contributed by atoms with Crippen LogP contribution in [-0.2, 0) is 10.5 Å². The maximum absolute atomic E-state index is 11.8. The Labute approximate surface area is 123 Å². The third-order valence-electron chi connectivity index (χ3n) is 3.48. The Bertz CT molecular complexity index is 515. The summed E-state index contributed by atoms with van der Waals surface area (Å²) < 4.78 is 0. The van der Waals surface area contributed by atoms with E-state index in [4.69, 9.17) is 11.5 Å². The van der Waals surface area contributed by atoms with Crippen LogP contribution in [0.3, 0.4) is 0 Å². The number of allylic oxidation sites excluding steroid dienone is 1. The number of primary amides is 1. The van der Waals surface area contributed by atoms with E-state index in [2.05, 4.69) is 17.1 Å². The molecule has 0 radical (unpaired) electrons. The topological polar surface area (TPSA) is 81.5 Å². The number of hydrogen-bond acceptors (Lipinski definition) is 4. The molecular weight excluding hydrogens is 270 g/mol. The van der Waals surface area contributed by atoms with E-state index in [1.807, 2.05) is 18.2 Å². The molecule has 5 heteroatoms. The molecule has 4 N–H and O–H groups in total. The molecule has 0 aromatic heterocycles. The second-order valence-corrected chi connectivity index (χ2v) is 5.90. The maximum Gasteiger partial charge on any atom is 0.231 e. The highest BCUT2D eigenvalue weighted by Crippen LogP contribution is 2.32. The Kier molecular flexibility index (Phi) is 4.98. The molecule has 0 saturated heterocycles. The van der Waals surface area contributed by atoms with Gasteiger partial charge in [-0.3, -0.25) is 9.79 Å². The number of carbonyl (C=O) groups excluding carboxylic acids is 1. The van der Waals surface area contributed by atoms with E-state index < -0.39 is 17.5 Å². The summed E-state index contributed by atoms with van der Waals surface area (Å²) in [6.07, 6.45) is 5.17. The van der Waals surface area contributed by atoms with Crippen LogP contribution in [0.4, 0.5) is 0 Å². The largest absolute Gasteiger partial charge is 0.369 e. The number of dihydropyridines is 1. The highest BCUT2D eigenvalue weighted by molar-refractivity contribution is 7.98. The highest BCUT2D eigenvalue weighted by Gasteiger charge is 2.40. The Morgan fingerprint density at radius 2 is 2.10 bits per heavy atom. The lowest BCUT2D eigenvalue weighted by Crippen LogP contribution is -2.50. The SMILES string of the molecule is NC(=O)C1(CCSCc2ccccc2)C=CC=NC1N. The zero-order chi connectivity index (χ0) is 14.4. The molecule has 0 fully saturated rings. The molecule has 1 heterocycles. The van der Waals surface area contributed by atoms with Crippen molar-refractivity contribution in [1.82, 2.24) is 0 Å². The number of rotatable bonds is 6. The fourth-order valence-electron chi connectivity index (χ4n) is 2.18. The van der Waals surface area contributed by atoms with Gasteiger partial charge in [-0.15, -0.1) is 0 Å². The van der Waals surface area contributed by atoms with Crippen molar-refractivity contribution in [2.45, 2.75) is 18.3 Å². The summed E-state index contributed by atoms with van der Waals surface area (Å²) in [5.74, 6) is 1.32. The summed E-state index contributed by atoms with van der Waals surface area (Å²) in [6, 6.07) is 10.2. The number of hydrogen-bond donors (Lipinski definition) is 2. The van der Waals surface area contributed by atoms with E-state index in [-0.39, 0.29) is 0 Å². The number of nitrogens with zero attached hydrogens (tertiary/aromatic N) is 1. The van der Waals surface area contributed by atoms with E-state index in [1.165, 1.54) is 5.56 Å². The first-order valence-electron chi connectivity index (χ1n) is 6.53. The smallest absolute Gasteiger partial charge is 0.231 e. The number of aliphatic imine (C=N–C) groups is 1. The first-order valence-corrected chi connectivity index (χ1v) is 7.69. The van der Waals surface area contributed by atoms with Crippen LogP contribution in [0.2, 0.25) is 0 Å². The first-order chi connectivity index (χ1) is 9.65. The molecule has 1 aliphatic rings. The van der Waals surface area contributed by atoms with Crippen LogP contribution in [0.1, 0.15) is 12.0 Å². The Balaban J connectivity index is 1.89. The summed E-state index contributed by atoms with van der Waals surface area (Å²) in [6.45, 7) is 0. The predicted molar refractivity (Wildman–Crippen MR) is 84.5 cm³/mol. The average Bonchev–Trinajstić information content (AvgIpc) is 2.46. The molecule has 2 unspecified atom stereocenters. The van der Waals surface area contributed by atoms with Gasteiger partial charge in [-0.05, 0) is 23.8 Å². The number of carbonyl (C=O) groups is 1. The van der Waals surface area contributed by atoms with Crippen molar-refractivity contribution >= 4 is 23.9 Å². The second kappa shape index (κ2) is 6.72. The van der Waals surface area contributed by atoms with Gasteiger partial charge in [0, 0.05) is 12.0 Å². The normalized spacial score (nSPS) is 24.8. The summed E-state index contributed by atoms with van der Waals surface area (Å²) in [7, 11) is 0.